The number of ether oxygens (including phenoxy) is 1. The first-order chi connectivity index (χ1) is 15.0. The molecule has 2 aromatic rings. The molecule has 2 amide bonds. The highest BCUT2D eigenvalue weighted by Gasteiger charge is 2.42. The average Bonchev–Trinajstić information content (AvgIpc) is 2.76. The summed E-state index contributed by atoms with van der Waals surface area (Å²) in [6.07, 6.45) is 5.56. The molecule has 0 bridgehead atoms. The van der Waals surface area contributed by atoms with E-state index in [9.17, 15) is 9.59 Å². The van der Waals surface area contributed by atoms with Gasteiger partial charge in [0, 0.05) is 11.6 Å². The Morgan fingerprint density at radius 1 is 1.19 bits per heavy atom. The lowest BCUT2D eigenvalue weighted by molar-refractivity contribution is -0.151. The second-order valence-corrected chi connectivity index (χ2v) is 8.64. The minimum atomic E-state index is -0.224. The van der Waals surface area contributed by atoms with Crippen molar-refractivity contribution in [1.82, 2.24) is 10.2 Å². The maximum Gasteiger partial charge on any atom is 0.289 e. The summed E-state index contributed by atoms with van der Waals surface area (Å²) in [5.41, 5.74) is 2.88. The molecule has 31 heavy (non-hydrogen) atoms. The van der Waals surface area contributed by atoms with Crippen LogP contribution in [-0.4, -0.2) is 35.4 Å². The van der Waals surface area contributed by atoms with E-state index < -0.39 is 0 Å². The molecule has 2 fully saturated rings. The minimum absolute atomic E-state index is 0.0129. The van der Waals surface area contributed by atoms with Gasteiger partial charge >= 0.3 is 0 Å². The normalized spacial score (nSPS) is 22.1. The number of aryl methyl sites for hydroxylation is 1. The Kier molecular flexibility index (Phi) is 6.62. The zero-order chi connectivity index (χ0) is 21.8. The van der Waals surface area contributed by atoms with Gasteiger partial charge < -0.3 is 15.0 Å². The highest BCUT2D eigenvalue weighted by atomic mass is 35.5. The Bertz CT molecular complexity index is 1000. The lowest BCUT2D eigenvalue weighted by Gasteiger charge is -2.44. The van der Waals surface area contributed by atoms with Crippen LogP contribution in [0.1, 0.15) is 42.4 Å². The Labute approximate surface area is 188 Å². The van der Waals surface area contributed by atoms with Gasteiger partial charge in [-0.1, -0.05) is 66.0 Å². The van der Waals surface area contributed by atoms with Crippen LogP contribution in [0.15, 0.2) is 54.3 Å². The molecule has 1 aliphatic heterocycles. The van der Waals surface area contributed by atoms with Crippen LogP contribution in [0.2, 0.25) is 5.02 Å². The van der Waals surface area contributed by atoms with Crippen LogP contribution in [0.4, 0.5) is 0 Å². The summed E-state index contributed by atoms with van der Waals surface area (Å²) in [5, 5.41) is 3.51. The number of morpholine rings is 1. The van der Waals surface area contributed by atoms with Gasteiger partial charge in [-0.05, 0) is 49.5 Å². The van der Waals surface area contributed by atoms with Gasteiger partial charge in [0.1, 0.15) is 12.6 Å². The number of rotatable bonds is 5. The molecule has 0 aromatic heterocycles. The summed E-state index contributed by atoms with van der Waals surface area (Å²) in [4.78, 5) is 27.7. The molecule has 6 heteroatoms. The highest BCUT2D eigenvalue weighted by molar-refractivity contribution is 6.31. The van der Waals surface area contributed by atoms with E-state index in [-0.39, 0.29) is 30.5 Å². The van der Waals surface area contributed by atoms with Gasteiger partial charge in [0.25, 0.3) is 5.91 Å². The summed E-state index contributed by atoms with van der Waals surface area (Å²) in [6.45, 7) is 2.36. The third kappa shape index (κ3) is 5.10. The zero-order valence-electron chi connectivity index (χ0n) is 17.6. The predicted molar refractivity (Wildman–Crippen MR) is 121 cm³/mol. The largest absolute Gasteiger partial charge is 0.482 e. The van der Waals surface area contributed by atoms with Crippen molar-refractivity contribution in [2.75, 3.05) is 6.54 Å². The SMILES string of the molecule is Cc1cccc(/C=C2/OC3CCCCC3N(CC(=O)NCc3ccccc3Cl)C2=O)c1. The third-order valence-electron chi connectivity index (χ3n) is 5.91. The van der Waals surface area contributed by atoms with Crippen molar-refractivity contribution in [3.05, 3.63) is 76.0 Å². The standard InChI is InChI=1S/C25H27ClN2O3/c1-17-7-6-8-18(13-17)14-23-25(30)28(21-11-4-5-12-22(21)31-23)16-24(29)27-15-19-9-2-3-10-20(19)26/h2-3,6-10,13-14,21-22H,4-5,11-12,15-16H2,1H3,(H,27,29)/b23-14+. The first-order valence-corrected chi connectivity index (χ1v) is 11.1. The molecular formula is C25H27ClN2O3. The number of carbonyl (C=O) groups excluding carboxylic acids is 2. The van der Waals surface area contributed by atoms with E-state index in [1.165, 1.54) is 0 Å². The maximum atomic E-state index is 13.3. The van der Waals surface area contributed by atoms with Crippen molar-refractivity contribution in [1.29, 1.82) is 0 Å². The number of amides is 2. The molecule has 2 aromatic carbocycles. The summed E-state index contributed by atoms with van der Waals surface area (Å²) in [7, 11) is 0. The molecule has 2 atom stereocenters. The van der Waals surface area contributed by atoms with E-state index in [4.69, 9.17) is 16.3 Å². The third-order valence-corrected chi connectivity index (χ3v) is 6.27. The molecule has 5 nitrogen and oxygen atoms in total. The molecule has 162 valence electrons. The Morgan fingerprint density at radius 3 is 2.81 bits per heavy atom. The molecule has 1 heterocycles. The molecule has 2 aliphatic rings. The fourth-order valence-electron chi connectivity index (χ4n) is 4.32. The van der Waals surface area contributed by atoms with Crippen molar-refractivity contribution in [3.63, 3.8) is 0 Å². The minimum Gasteiger partial charge on any atom is -0.482 e. The molecule has 1 saturated heterocycles. The van der Waals surface area contributed by atoms with Gasteiger partial charge in [-0.3, -0.25) is 9.59 Å². The van der Waals surface area contributed by atoms with Gasteiger partial charge in [-0.2, -0.15) is 0 Å². The van der Waals surface area contributed by atoms with E-state index in [0.29, 0.717) is 17.3 Å². The fraction of sp³-hybridized carbons (Fsp3) is 0.360. The van der Waals surface area contributed by atoms with Crippen LogP contribution in [0.5, 0.6) is 0 Å². The number of nitrogens with zero attached hydrogens (tertiary/aromatic N) is 1. The number of hydrogen-bond acceptors (Lipinski definition) is 3. The van der Waals surface area contributed by atoms with E-state index in [0.717, 1.165) is 42.4 Å². The number of nitrogens with one attached hydrogen (secondary N) is 1. The maximum absolute atomic E-state index is 13.3. The summed E-state index contributed by atoms with van der Waals surface area (Å²) in [6, 6.07) is 15.3. The molecule has 4 rings (SSSR count). The average molecular weight is 439 g/mol. The summed E-state index contributed by atoms with van der Waals surface area (Å²) < 4.78 is 6.12. The predicted octanol–water partition coefficient (Wildman–Crippen LogP) is 4.48. The molecule has 1 saturated carbocycles. The molecule has 2 unspecified atom stereocenters. The Morgan fingerprint density at radius 2 is 2.00 bits per heavy atom. The Balaban J connectivity index is 1.50. The number of benzene rings is 2. The van der Waals surface area contributed by atoms with Gasteiger partial charge in [-0.15, -0.1) is 0 Å². The topological polar surface area (TPSA) is 58.6 Å². The molecule has 1 aliphatic carbocycles. The molecule has 0 radical (unpaired) electrons. The fourth-order valence-corrected chi connectivity index (χ4v) is 4.52. The van der Waals surface area contributed by atoms with E-state index in [1.807, 2.05) is 49.4 Å². The number of halogens is 1. The van der Waals surface area contributed by atoms with Crippen LogP contribution in [0.3, 0.4) is 0 Å². The number of carbonyl (C=O) groups is 2. The first kappa shape index (κ1) is 21.4. The van der Waals surface area contributed by atoms with Gasteiger partial charge in [0.2, 0.25) is 5.91 Å². The van der Waals surface area contributed by atoms with Crippen LogP contribution in [0.25, 0.3) is 6.08 Å². The highest BCUT2D eigenvalue weighted by Crippen LogP contribution is 2.33. The number of fused-ring (bicyclic) bond motifs is 1. The van der Waals surface area contributed by atoms with Gasteiger partial charge in [0.05, 0.1) is 6.04 Å². The van der Waals surface area contributed by atoms with Crippen molar-refractivity contribution in [2.45, 2.75) is 51.3 Å². The van der Waals surface area contributed by atoms with Gasteiger partial charge in [-0.25, -0.2) is 0 Å². The van der Waals surface area contributed by atoms with Crippen molar-refractivity contribution in [2.24, 2.45) is 0 Å². The van der Waals surface area contributed by atoms with Crippen molar-refractivity contribution < 1.29 is 14.3 Å². The summed E-state index contributed by atoms with van der Waals surface area (Å²) >= 11 is 6.18. The van der Waals surface area contributed by atoms with Crippen LogP contribution >= 0.6 is 11.6 Å². The molecule has 1 N–H and O–H groups in total. The molecular weight excluding hydrogens is 412 g/mol. The van der Waals surface area contributed by atoms with E-state index in [2.05, 4.69) is 5.32 Å². The Hall–Kier alpha value is -2.79. The second kappa shape index (κ2) is 9.56. The van der Waals surface area contributed by atoms with Crippen LogP contribution in [-0.2, 0) is 20.9 Å². The van der Waals surface area contributed by atoms with E-state index >= 15 is 0 Å². The lowest BCUT2D eigenvalue weighted by Crippen LogP contribution is -2.57. The number of hydrogen-bond donors (Lipinski definition) is 1. The monoisotopic (exact) mass is 438 g/mol. The quantitative estimate of drug-likeness (QED) is 0.700. The zero-order valence-corrected chi connectivity index (χ0v) is 18.4. The van der Waals surface area contributed by atoms with Crippen LogP contribution < -0.4 is 5.32 Å². The first-order valence-electron chi connectivity index (χ1n) is 10.8. The smallest absolute Gasteiger partial charge is 0.289 e. The lowest BCUT2D eigenvalue weighted by atomic mass is 9.89. The summed E-state index contributed by atoms with van der Waals surface area (Å²) in [5.74, 6) is -0.111. The van der Waals surface area contributed by atoms with Crippen LogP contribution in [0, 0.1) is 6.92 Å². The van der Waals surface area contributed by atoms with Gasteiger partial charge in [0.15, 0.2) is 5.76 Å². The van der Waals surface area contributed by atoms with Crippen molar-refractivity contribution in [3.8, 4) is 0 Å². The molecule has 0 spiro atoms. The second-order valence-electron chi connectivity index (χ2n) is 8.23. The van der Waals surface area contributed by atoms with Crippen molar-refractivity contribution >= 4 is 29.5 Å². The van der Waals surface area contributed by atoms with E-state index in [1.54, 1.807) is 17.0 Å².